The van der Waals surface area contributed by atoms with Gasteiger partial charge in [0.05, 0.1) is 12.7 Å². The second kappa shape index (κ2) is 4.38. The molecule has 3 saturated carbocycles. The van der Waals surface area contributed by atoms with Gasteiger partial charge in [-0.15, -0.1) is 0 Å². The molecule has 1 aromatic carbocycles. The predicted octanol–water partition coefficient (Wildman–Crippen LogP) is 3.99. The summed E-state index contributed by atoms with van der Waals surface area (Å²) < 4.78 is 5.48. The van der Waals surface area contributed by atoms with Crippen molar-refractivity contribution in [2.24, 2.45) is 23.7 Å². The molecule has 0 aromatic heterocycles. The molecule has 3 aliphatic carbocycles. The molecule has 5 unspecified atom stereocenters. The first-order valence-corrected chi connectivity index (χ1v) is 8.07. The fourth-order valence-corrected chi connectivity index (χ4v) is 5.61. The van der Waals surface area contributed by atoms with Crippen LogP contribution in [0.2, 0.25) is 5.02 Å². The molecule has 4 rings (SSSR count). The van der Waals surface area contributed by atoms with Crippen LogP contribution in [0.5, 0.6) is 5.75 Å². The Balaban J connectivity index is 1.77. The molecule has 2 nitrogen and oxygen atoms in total. The Morgan fingerprint density at radius 3 is 2.90 bits per heavy atom. The molecule has 20 heavy (non-hydrogen) atoms. The van der Waals surface area contributed by atoms with Crippen molar-refractivity contribution >= 4 is 11.6 Å². The zero-order chi connectivity index (χ0) is 13.9. The molecule has 3 aliphatic rings. The van der Waals surface area contributed by atoms with Crippen LogP contribution in [-0.2, 0) is 5.60 Å². The van der Waals surface area contributed by atoms with Crippen molar-refractivity contribution in [1.82, 2.24) is 0 Å². The third-order valence-corrected chi connectivity index (χ3v) is 6.35. The first-order valence-electron chi connectivity index (χ1n) is 7.70. The minimum atomic E-state index is -0.730. The van der Waals surface area contributed by atoms with Crippen molar-refractivity contribution in [3.05, 3.63) is 28.8 Å². The fourth-order valence-electron chi connectivity index (χ4n) is 5.44. The van der Waals surface area contributed by atoms with Crippen LogP contribution >= 0.6 is 11.6 Å². The lowest BCUT2D eigenvalue weighted by atomic mass is 9.70. The first-order chi connectivity index (χ1) is 9.63. The molecule has 0 spiro atoms. The smallest absolute Gasteiger partial charge is 0.125 e. The number of hydrogen-bond acceptors (Lipinski definition) is 2. The van der Waals surface area contributed by atoms with Crippen molar-refractivity contribution in [2.75, 3.05) is 7.11 Å². The topological polar surface area (TPSA) is 29.5 Å². The normalized spacial score (nSPS) is 42.0. The Morgan fingerprint density at radius 1 is 1.30 bits per heavy atom. The van der Waals surface area contributed by atoms with E-state index in [1.807, 2.05) is 18.2 Å². The summed E-state index contributed by atoms with van der Waals surface area (Å²) in [5.41, 5.74) is 0.178. The van der Waals surface area contributed by atoms with Crippen LogP contribution in [0.25, 0.3) is 0 Å². The van der Waals surface area contributed by atoms with Crippen LogP contribution in [0.4, 0.5) is 0 Å². The van der Waals surface area contributed by atoms with Gasteiger partial charge in [-0.1, -0.05) is 18.0 Å². The van der Waals surface area contributed by atoms with Gasteiger partial charge in [0.15, 0.2) is 0 Å². The number of aliphatic hydroxyl groups is 1. The average molecular weight is 293 g/mol. The molecule has 0 radical (unpaired) electrons. The highest BCUT2D eigenvalue weighted by atomic mass is 35.5. The molecule has 5 atom stereocenters. The summed E-state index contributed by atoms with van der Waals surface area (Å²) in [6.07, 6.45) is 6.06. The van der Waals surface area contributed by atoms with Gasteiger partial charge in [-0.25, -0.2) is 0 Å². The number of hydrogen-bond donors (Lipinski definition) is 1. The highest BCUT2D eigenvalue weighted by Gasteiger charge is 2.61. The summed E-state index contributed by atoms with van der Waals surface area (Å²) in [7, 11) is 1.67. The van der Waals surface area contributed by atoms with Crippen LogP contribution in [0, 0.1) is 23.7 Å². The van der Waals surface area contributed by atoms with Crippen LogP contribution in [0.3, 0.4) is 0 Å². The quantitative estimate of drug-likeness (QED) is 0.893. The Hall–Kier alpha value is -0.730. The maximum atomic E-state index is 11.4. The van der Waals surface area contributed by atoms with Crippen LogP contribution < -0.4 is 4.74 Å². The Morgan fingerprint density at radius 2 is 2.10 bits per heavy atom. The number of benzene rings is 1. The molecule has 0 amide bonds. The van der Waals surface area contributed by atoms with E-state index < -0.39 is 5.60 Å². The maximum absolute atomic E-state index is 11.4. The molecule has 3 heteroatoms. The predicted molar refractivity (Wildman–Crippen MR) is 78.9 cm³/mol. The minimum absolute atomic E-state index is 0.396. The lowest BCUT2D eigenvalue weighted by Gasteiger charge is -2.40. The maximum Gasteiger partial charge on any atom is 0.125 e. The monoisotopic (exact) mass is 292 g/mol. The second-order valence-electron chi connectivity index (χ2n) is 6.83. The zero-order valence-corrected chi connectivity index (χ0v) is 12.6. The number of halogens is 1. The van der Waals surface area contributed by atoms with Crippen molar-refractivity contribution in [3.8, 4) is 5.75 Å². The summed E-state index contributed by atoms with van der Waals surface area (Å²) in [5.74, 6) is 3.44. The molecule has 3 fully saturated rings. The van der Waals surface area contributed by atoms with E-state index in [2.05, 4.69) is 0 Å². The molecular formula is C17H21ClO2. The van der Waals surface area contributed by atoms with Gasteiger partial charge in [0.1, 0.15) is 5.75 Å². The largest absolute Gasteiger partial charge is 0.496 e. The van der Waals surface area contributed by atoms with Gasteiger partial charge in [0, 0.05) is 10.6 Å². The van der Waals surface area contributed by atoms with Gasteiger partial charge in [-0.05, 0) is 67.6 Å². The molecule has 1 N–H and O–H groups in total. The lowest BCUT2D eigenvalue weighted by Crippen LogP contribution is -2.39. The van der Waals surface area contributed by atoms with Gasteiger partial charge in [-0.2, -0.15) is 0 Å². The van der Waals surface area contributed by atoms with Crippen molar-refractivity contribution in [2.45, 2.75) is 37.7 Å². The summed E-state index contributed by atoms with van der Waals surface area (Å²) in [5, 5.41) is 12.1. The fraction of sp³-hybridized carbons (Fsp3) is 0.647. The SMILES string of the molecule is COc1ccc(Cl)cc1C1(O)CC2CC1C1CCCC21. The van der Waals surface area contributed by atoms with Crippen LogP contribution in [-0.4, -0.2) is 12.2 Å². The van der Waals surface area contributed by atoms with E-state index in [-0.39, 0.29) is 0 Å². The number of fused-ring (bicyclic) bond motifs is 5. The van der Waals surface area contributed by atoms with E-state index in [4.69, 9.17) is 16.3 Å². The van der Waals surface area contributed by atoms with E-state index in [1.54, 1.807) is 7.11 Å². The van der Waals surface area contributed by atoms with Gasteiger partial charge in [0.2, 0.25) is 0 Å². The summed E-state index contributed by atoms with van der Waals surface area (Å²) >= 11 is 6.16. The molecule has 0 aliphatic heterocycles. The standard InChI is InChI=1S/C17H21ClO2/c1-20-16-6-5-11(18)8-15(16)17(19)9-10-7-14(17)13-4-2-3-12(10)13/h5-6,8,10,12-14,19H,2-4,7,9H2,1H3. The Labute approximate surface area is 125 Å². The van der Waals surface area contributed by atoms with Crippen molar-refractivity contribution in [1.29, 1.82) is 0 Å². The molecule has 1 aromatic rings. The molecule has 108 valence electrons. The van der Waals surface area contributed by atoms with Gasteiger partial charge in [-0.3, -0.25) is 0 Å². The second-order valence-corrected chi connectivity index (χ2v) is 7.27. The molecule has 0 saturated heterocycles. The Kier molecular flexibility index (Phi) is 2.84. The summed E-state index contributed by atoms with van der Waals surface area (Å²) in [6.45, 7) is 0. The third-order valence-electron chi connectivity index (χ3n) is 6.12. The summed E-state index contributed by atoms with van der Waals surface area (Å²) in [4.78, 5) is 0. The number of methoxy groups -OCH3 is 1. The highest BCUT2D eigenvalue weighted by Crippen LogP contribution is 2.66. The van der Waals surface area contributed by atoms with E-state index in [0.29, 0.717) is 22.8 Å². The minimum Gasteiger partial charge on any atom is -0.496 e. The highest BCUT2D eigenvalue weighted by molar-refractivity contribution is 6.30. The van der Waals surface area contributed by atoms with E-state index in [0.717, 1.165) is 23.7 Å². The number of rotatable bonds is 2. The first kappa shape index (κ1) is 13.0. The van der Waals surface area contributed by atoms with Crippen LogP contribution in [0.15, 0.2) is 18.2 Å². The van der Waals surface area contributed by atoms with Gasteiger partial charge in [0.25, 0.3) is 0 Å². The molecular weight excluding hydrogens is 272 g/mol. The van der Waals surface area contributed by atoms with Gasteiger partial charge >= 0.3 is 0 Å². The molecule has 0 heterocycles. The number of ether oxygens (including phenoxy) is 1. The third kappa shape index (κ3) is 1.61. The van der Waals surface area contributed by atoms with E-state index >= 15 is 0 Å². The van der Waals surface area contributed by atoms with Crippen LogP contribution in [0.1, 0.15) is 37.7 Å². The summed E-state index contributed by atoms with van der Waals surface area (Å²) in [6, 6.07) is 5.62. The zero-order valence-electron chi connectivity index (χ0n) is 11.8. The van der Waals surface area contributed by atoms with Gasteiger partial charge < -0.3 is 9.84 Å². The van der Waals surface area contributed by atoms with Crippen molar-refractivity contribution in [3.63, 3.8) is 0 Å². The average Bonchev–Trinajstić information content (AvgIpc) is 3.09. The van der Waals surface area contributed by atoms with E-state index in [1.165, 1.54) is 25.7 Å². The Bertz CT molecular complexity index is 544. The lowest BCUT2D eigenvalue weighted by molar-refractivity contribution is -0.0526. The van der Waals surface area contributed by atoms with E-state index in [9.17, 15) is 5.11 Å². The van der Waals surface area contributed by atoms with Crippen molar-refractivity contribution < 1.29 is 9.84 Å². The molecule has 2 bridgehead atoms.